The highest BCUT2D eigenvalue weighted by atomic mass is 16.3. The molecule has 2 heterocycles. The molecular weight excluding hydrogens is 356 g/mol. The van der Waals surface area contributed by atoms with Gasteiger partial charge in [0, 0.05) is 32.2 Å². The first-order valence-electron chi connectivity index (χ1n) is 9.00. The number of imidazole rings is 1. The number of H-pyrrole nitrogens is 1. The second-order valence-electron chi connectivity index (χ2n) is 7.10. The van der Waals surface area contributed by atoms with Gasteiger partial charge in [-0.2, -0.15) is 0 Å². The van der Waals surface area contributed by atoms with E-state index in [1.54, 1.807) is 4.90 Å². The Bertz CT molecular complexity index is 1010. The average Bonchev–Trinajstić information content (AvgIpc) is 3.20. The summed E-state index contributed by atoms with van der Waals surface area (Å²) in [6.07, 6.45) is 0. The van der Waals surface area contributed by atoms with Crippen LogP contribution in [0.25, 0.3) is 11.0 Å². The van der Waals surface area contributed by atoms with E-state index < -0.39 is 0 Å². The van der Waals surface area contributed by atoms with E-state index >= 15 is 0 Å². The minimum atomic E-state index is -0.250. The lowest BCUT2D eigenvalue weighted by molar-refractivity contribution is -0.122. The maximum atomic E-state index is 12.8. The van der Waals surface area contributed by atoms with Crippen LogP contribution in [-0.4, -0.2) is 51.3 Å². The molecule has 1 aliphatic rings. The molecule has 146 valence electrons. The minimum absolute atomic E-state index is 0.0202. The lowest BCUT2D eigenvalue weighted by Gasteiger charge is -2.18. The van der Waals surface area contributed by atoms with Crippen LogP contribution in [0.15, 0.2) is 36.4 Å². The summed E-state index contributed by atoms with van der Waals surface area (Å²) in [5.74, 6) is 0.878. The maximum Gasteiger partial charge on any atom is 0.290 e. The quantitative estimate of drug-likeness (QED) is 0.682. The molecule has 0 radical (unpaired) electrons. The summed E-state index contributed by atoms with van der Waals surface area (Å²) in [7, 11) is 3.98. The largest absolute Gasteiger partial charge is 0.483 e. The molecule has 2 N–H and O–H groups in total. The van der Waals surface area contributed by atoms with Crippen molar-refractivity contribution < 1.29 is 14.7 Å². The zero-order valence-electron chi connectivity index (χ0n) is 16.3. The standard InChI is InChI=1S/C20H22N4O.CH2O2/c1-13-21-18-7-6-15(9-19(18)22-13)20(25)24(3)10-14-4-5-16-11-23(2)12-17(16)8-14;2-1-3/h4-9H,10-12H2,1-3H3,(H,21,22);1H,(H,2,3). The van der Waals surface area contributed by atoms with Crippen LogP contribution >= 0.6 is 0 Å². The first-order chi connectivity index (χ1) is 13.4. The Morgan fingerprint density at radius 2 is 1.96 bits per heavy atom. The minimum Gasteiger partial charge on any atom is -0.483 e. The zero-order valence-corrected chi connectivity index (χ0v) is 16.3. The normalized spacial score (nSPS) is 13.0. The zero-order chi connectivity index (χ0) is 20.3. The number of carbonyl (C=O) groups is 2. The molecule has 0 fully saturated rings. The molecule has 0 unspecified atom stereocenters. The van der Waals surface area contributed by atoms with Crippen LogP contribution in [0.4, 0.5) is 0 Å². The van der Waals surface area contributed by atoms with E-state index in [2.05, 4.69) is 40.1 Å². The predicted molar refractivity (Wildman–Crippen MR) is 107 cm³/mol. The molecule has 0 spiro atoms. The highest BCUT2D eigenvalue weighted by Gasteiger charge is 2.17. The van der Waals surface area contributed by atoms with Crippen molar-refractivity contribution in [3.05, 3.63) is 64.5 Å². The van der Waals surface area contributed by atoms with Crippen LogP contribution in [-0.2, 0) is 24.4 Å². The van der Waals surface area contributed by atoms with E-state index in [1.165, 1.54) is 16.7 Å². The van der Waals surface area contributed by atoms with E-state index in [0.717, 1.165) is 29.9 Å². The van der Waals surface area contributed by atoms with Gasteiger partial charge in [-0.05, 0) is 48.9 Å². The highest BCUT2D eigenvalue weighted by molar-refractivity contribution is 5.97. The van der Waals surface area contributed by atoms with Crippen molar-refractivity contribution in [3.8, 4) is 0 Å². The molecule has 28 heavy (non-hydrogen) atoms. The number of hydrogen-bond acceptors (Lipinski definition) is 4. The van der Waals surface area contributed by atoms with Gasteiger partial charge in [0.15, 0.2) is 0 Å². The number of nitrogens with zero attached hydrogens (tertiary/aromatic N) is 3. The molecule has 1 amide bonds. The number of amides is 1. The van der Waals surface area contributed by atoms with Gasteiger partial charge in [0.05, 0.1) is 11.0 Å². The topological polar surface area (TPSA) is 89.5 Å². The van der Waals surface area contributed by atoms with E-state index in [-0.39, 0.29) is 12.4 Å². The van der Waals surface area contributed by atoms with E-state index in [1.807, 2.05) is 32.2 Å². The molecule has 7 heteroatoms. The first kappa shape index (κ1) is 19.6. The van der Waals surface area contributed by atoms with Crippen molar-refractivity contribution in [2.24, 2.45) is 0 Å². The molecule has 4 rings (SSSR count). The van der Waals surface area contributed by atoms with Crippen LogP contribution in [0.5, 0.6) is 0 Å². The van der Waals surface area contributed by atoms with Crippen LogP contribution in [0, 0.1) is 6.92 Å². The van der Waals surface area contributed by atoms with Crippen LogP contribution in [0.1, 0.15) is 32.9 Å². The third-order valence-electron chi connectivity index (χ3n) is 4.76. The van der Waals surface area contributed by atoms with Gasteiger partial charge in [0.2, 0.25) is 0 Å². The monoisotopic (exact) mass is 380 g/mol. The van der Waals surface area contributed by atoms with Crippen molar-refractivity contribution in [2.75, 3.05) is 14.1 Å². The number of aromatic amines is 1. The Morgan fingerprint density at radius 3 is 2.71 bits per heavy atom. The highest BCUT2D eigenvalue weighted by Crippen LogP contribution is 2.23. The lowest BCUT2D eigenvalue weighted by Crippen LogP contribution is -2.26. The third-order valence-corrected chi connectivity index (χ3v) is 4.76. The summed E-state index contributed by atoms with van der Waals surface area (Å²) in [6, 6.07) is 12.2. The Balaban J connectivity index is 0.000000706. The van der Waals surface area contributed by atoms with Crippen molar-refractivity contribution in [1.82, 2.24) is 19.8 Å². The molecule has 2 aromatic carbocycles. The maximum absolute atomic E-state index is 12.8. The van der Waals surface area contributed by atoms with Gasteiger partial charge in [-0.15, -0.1) is 0 Å². The van der Waals surface area contributed by atoms with Gasteiger partial charge >= 0.3 is 0 Å². The van der Waals surface area contributed by atoms with Crippen molar-refractivity contribution in [2.45, 2.75) is 26.6 Å². The Hall–Kier alpha value is -3.19. The molecule has 0 atom stereocenters. The third kappa shape index (κ3) is 4.20. The number of benzene rings is 2. The number of carbonyl (C=O) groups excluding carboxylic acids is 1. The van der Waals surface area contributed by atoms with E-state index in [0.29, 0.717) is 12.1 Å². The lowest BCUT2D eigenvalue weighted by atomic mass is 10.1. The SMILES string of the molecule is Cc1nc2ccc(C(=O)N(C)Cc3ccc4c(c3)CN(C)C4)cc2[nH]1.O=CO. The van der Waals surface area contributed by atoms with Crippen LogP contribution in [0.3, 0.4) is 0 Å². The summed E-state index contributed by atoms with van der Waals surface area (Å²) in [5, 5.41) is 6.89. The number of nitrogens with one attached hydrogen (secondary N) is 1. The summed E-state index contributed by atoms with van der Waals surface area (Å²) >= 11 is 0. The number of hydrogen-bond donors (Lipinski definition) is 2. The Kier molecular flexibility index (Phi) is 5.75. The van der Waals surface area contributed by atoms with Crippen LogP contribution < -0.4 is 0 Å². The summed E-state index contributed by atoms with van der Waals surface area (Å²) < 4.78 is 0. The molecule has 0 bridgehead atoms. The second-order valence-corrected chi connectivity index (χ2v) is 7.10. The molecule has 1 aromatic heterocycles. The first-order valence-corrected chi connectivity index (χ1v) is 9.00. The molecule has 0 aliphatic carbocycles. The number of rotatable bonds is 3. The smallest absolute Gasteiger partial charge is 0.290 e. The summed E-state index contributed by atoms with van der Waals surface area (Å²) in [4.78, 5) is 32.8. The van der Waals surface area contributed by atoms with Gasteiger partial charge in [0.1, 0.15) is 5.82 Å². The van der Waals surface area contributed by atoms with Crippen molar-refractivity contribution >= 4 is 23.4 Å². The van der Waals surface area contributed by atoms with Gasteiger partial charge in [-0.25, -0.2) is 4.98 Å². The van der Waals surface area contributed by atoms with Crippen LogP contribution in [0.2, 0.25) is 0 Å². The van der Waals surface area contributed by atoms with Crippen molar-refractivity contribution in [3.63, 3.8) is 0 Å². The molecule has 0 saturated heterocycles. The predicted octanol–water partition coefficient (Wildman–Crippen LogP) is 2.79. The van der Waals surface area contributed by atoms with Gasteiger partial charge in [0.25, 0.3) is 12.4 Å². The fourth-order valence-electron chi connectivity index (χ4n) is 3.55. The number of carboxylic acid groups (broad SMARTS) is 1. The summed E-state index contributed by atoms with van der Waals surface area (Å²) in [5.41, 5.74) is 6.40. The molecule has 1 aliphatic heterocycles. The molecule has 0 saturated carbocycles. The van der Waals surface area contributed by atoms with Gasteiger partial charge < -0.3 is 15.0 Å². The fraction of sp³-hybridized carbons (Fsp3) is 0.286. The average molecular weight is 380 g/mol. The number of aromatic nitrogens is 2. The van der Waals surface area contributed by atoms with Gasteiger partial charge in [-0.1, -0.05) is 18.2 Å². The van der Waals surface area contributed by atoms with E-state index in [4.69, 9.17) is 9.90 Å². The van der Waals surface area contributed by atoms with Crippen molar-refractivity contribution in [1.29, 1.82) is 0 Å². The van der Waals surface area contributed by atoms with Gasteiger partial charge in [-0.3, -0.25) is 14.5 Å². The summed E-state index contributed by atoms with van der Waals surface area (Å²) in [6.45, 7) is 4.26. The second kappa shape index (κ2) is 8.22. The van der Waals surface area contributed by atoms with E-state index in [9.17, 15) is 4.79 Å². The molecular formula is C21H24N4O3. The Labute approximate surface area is 163 Å². The fourth-order valence-corrected chi connectivity index (χ4v) is 3.55. The molecule has 3 aromatic rings. The Morgan fingerprint density at radius 1 is 1.25 bits per heavy atom. The number of fused-ring (bicyclic) bond motifs is 2. The number of aryl methyl sites for hydroxylation is 1. The molecule has 7 nitrogen and oxygen atoms in total.